The average Bonchev–Trinajstić information content (AvgIpc) is 3.21. The van der Waals surface area contributed by atoms with E-state index in [1.165, 1.54) is 16.2 Å². The number of aliphatic carboxylic acids is 1. The van der Waals surface area contributed by atoms with Crippen LogP contribution in [-0.4, -0.2) is 52.5 Å². The summed E-state index contributed by atoms with van der Waals surface area (Å²) in [5.74, 6) is -1.11. The molecule has 1 amide bonds. The van der Waals surface area contributed by atoms with Crippen molar-refractivity contribution in [3.63, 3.8) is 0 Å². The summed E-state index contributed by atoms with van der Waals surface area (Å²) in [6.07, 6.45) is 1.28. The van der Waals surface area contributed by atoms with E-state index < -0.39 is 12.0 Å². The summed E-state index contributed by atoms with van der Waals surface area (Å²) in [4.78, 5) is 33.6. The van der Waals surface area contributed by atoms with Crippen LogP contribution in [0.5, 0.6) is 0 Å². The highest BCUT2D eigenvalue weighted by Crippen LogP contribution is 2.35. The molecule has 0 radical (unpaired) electrons. The zero-order valence-electron chi connectivity index (χ0n) is 13.1. The summed E-state index contributed by atoms with van der Waals surface area (Å²) in [5, 5.41) is 10.2. The summed E-state index contributed by atoms with van der Waals surface area (Å²) >= 11 is 2.93. The van der Waals surface area contributed by atoms with Crippen molar-refractivity contribution in [2.75, 3.05) is 24.5 Å². The van der Waals surface area contributed by atoms with Crippen LogP contribution in [0.2, 0.25) is 0 Å². The topological polar surface area (TPSA) is 73.7 Å². The van der Waals surface area contributed by atoms with E-state index in [2.05, 4.69) is 23.7 Å². The van der Waals surface area contributed by atoms with Crippen LogP contribution in [0.25, 0.3) is 9.53 Å². The maximum absolute atomic E-state index is 12.6. The first kappa shape index (κ1) is 16.2. The number of anilines is 1. The standard InChI is InChI=1S/C15H19N3O3S2/c1-3-17(4-2)15-16-12-10(23-15)8-11(22-12)13(19)18-7-5-6-9(18)14(20)21/h8-9H,3-7H2,1-2H3,(H,20,21)/t9-/m1/s1. The van der Waals surface area contributed by atoms with Gasteiger partial charge in [0, 0.05) is 19.6 Å². The number of thiazole rings is 1. The van der Waals surface area contributed by atoms with Crippen molar-refractivity contribution < 1.29 is 14.7 Å². The monoisotopic (exact) mass is 353 g/mol. The van der Waals surface area contributed by atoms with Crippen molar-refractivity contribution in [3.05, 3.63) is 10.9 Å². The third-order valence-electron chi connectivity index (χ3n) is 4.12. The molecule has 1 fully saturated rings. The molecule has 0 saturated carbocycles. The number of carbonyl (C=O) groups excluding carboxylic acids is 1. The minimum atomic E-state index is -0.920. The van der Waals surface area contributed by atoms with Crippen molar-refractivity contribution in [1.82, 2.24) is 9.88 Å². The van der Waals surface area contributed by atoms with Gasteiger partial charge < -0.3 is 14.9 Å². The lowest BCUT2D eigenvalue weighted by Crippen LogP contribution is -2.40. The van der Waals surface area contributed by atoms with Gasteiger partial charge in [-0.1, -0.05) is 11.3 Å². The molecule has 0 aromatic carbocycles. The van der Waals surface area contributed by atoms with Gasteiger partial charge in [0.2, 0.25) is 0 Å². The van der Waals surface area contributed by atoms with Crippen molar-refractivity contribution in [2.45, 2.75) is 32.7 Å². The predicted molar refractivity (Wildman–Crippen MR) is 92.8 cm³/mol. The first-order valence-corrected chi connectivity index (χ1v) is 9.37. The maximum atomic E-state index is 12.6. The highest BCUT2D eigenvalue weighted by molar-refractivity contribution is 7.29. The van der Waals surface area contributed by atoms with Crippen LogP contribution >= 0.6 is 22.7 Å². The normalized spacial score (nSPS) is 17.8. The zero-order chi connectivity index (χ0) is 16.6. The van der Waals surface area contributed by atoms with Gasteiger partial charge in [-0.05, 0) is 32.8 Å². The molecule has 1 aliphatic rings. The molecular formula is C15H19N3O3S2. The molecule has 6 nitrogen and oxygen atoms in total. The fourth-order valence-electron chi connectivity index (χ4n) is 2.87. The number of fused-ring (bicyclic) bond motifs is 1. The second-order valence-corrected chi connectivity index (χ2v) is 7.48. The number of carboxylic acids is 1. The molecule has 0 aliphatic carbocycles. The van der Waals surface area contributed by atoms with E-state index >= 15 is 0 Å². The second-order valence-electron chi connectivity index (χ2n) is 5.44. The van der Waals surface area contributed by atoms with Gasteiger partial charge in [-0.3, -0.25) is 4.79 Å². The van der Waals surface area contributed by atoms with Gasteiger partial charge in [-0.2, -0.15) is 0 Å². The van der Waals surface area contributed by atoms with E-state index in [4.69, 9.17) is 0 Å². The average molecular weight is 353 g/mol. The molecule has 3 rings (SSSR count). The molecule has 1 atom stereocenters. The number of thiophene rings is 1. The Hall–Kier alpha value is -1.67. The summed E-state index contributed by atoms with van der Waals surface area (Å²) in [5.41, 5.74) is 0. The molecular weight excluding hydrogens is 334 g/mol. The third kappa shape index (κ3) is 2.92. The predicted octanol–water partition coefficient (Wildman–Crippen LogP) is 2.89. The highest BCUT2D eigenvalue weighted by atomic mass is 32.1. The smallest absolute Gasteiger partial charge is 0.326 e. The minimum absolute atomic E-state index is 0.186. The van der Waals surface area contributed by atoms with Gasteiger partial charge in [-0.25, -0.2) is 9.78 Å². The SMILES string of the molecule is CCN(CC)c1nc2sc(C(=O)N3CCC[C@@H]3C(=O)O)cc2s1. The summed E-state index contributed by atoms with van der Waals surface area (Å²) in [6, 6.07) is 1.16. The van der Waals surface area contributed by atoms with E-state index in [-0.39, 0.29) is 5.91 Å². The summed E-state index contributed by atoms with van der Waals surface area (Å²) in [7, 11) is 0. The van der Waals surface area contributed by atoms with Crippen LogP contribution in [0.15, 0.2) is 6.07 Å². The van der Waals surface area contributed by atoms with Crippen molar-refractivity contribution >= 4 is 49.2 Å². The van der Waals surface area contributed by atoms with Crippen molar-refractivity contribution in [1.29, 1.82) is 0 Å². The second kappa shape index (κ2) is 6.45. The number of carbonyl (C=O) groups is 2. The Bertz CT molecular complexity index is 704. The van der Waals surface area contributed by atoms with Gasteiger partial charge in [0.25, 0.3) is 5.91 Å². The van der Waals surface area contributed by atoms with Crippen LogP contribution in [0, 0.1) is 0 Å². The summed E-state index contributed by atoms with van der Waals surface area (Å²) in [6.45, 7) is 6.49. The molecule has 8 heteroatoms. The van der Waals surface area contributed by atoms with Crippen LogP contribution in [0.4, 0.5) is 5.13 Å². The van der Waals surface area contributed by atoms with E-state index in [9.17, 15) is 14.7 Å². The van der Waals surface area contributed by atoms with E-state index in [1.807, 2.05) is 6.07 Å². The number of likely N-dealkylation sites (tertiary alicyclic amines) is 1. The number of aromatic nitrogens is 1. The molecule has 3 heterocycles. The number of hydrogen-bond donors (Lipinski definition) is 1. The Morgan fingerprint density at radius 3 is 2.74 bits per heavy atom. The van der Waals surface area contributed by atoms with Gasteiger partial charge in [0.1, 0.15) is 10.9 Å². The Balaban J connectivity index is 1.85. The quantitative estimate of drug-likeness (QED) is 0.895. The largest absolute Gasteiger partial charge is 0.480 e. The van der Waals surface area contributed by atoms with Gasteiger partial charge in [0.05, 0.1) is 9.58 Å². The van der Waals surface area contributed by atoms with Crippen LogP contribution < -0.4 is 4.90 Å². The lowest BCUT2D eigenvalue weighted by atomic mass is 10.2. The number of amides is 1. The van der Waals surface area contributed by atoms with Gasteiger partial charge in [0.15, 0.2) is 5.13 Å². The molecule has 2 aromatic rings. The number of nitrogens with zero attached hydrogens (tertiary/aromatic N) is 3. The van der Waals surface area contributed by atoms with Crippen LogP contribution in [0.1, 0.15) is 36.4 Å². The fourth-order valence-corrected chi connectivity index (χ4v) is 5.16. The Morgan fingerprint density at radius 1 is 1.39 bits per heavy atom. The molecule has 1 aliphatic heterocycles. The lowest BCUT2D eigenvalue weighted by molar-refractivity contribution is -0.141. The van der Waals surface area contributed by atoms with E-state index in [0.717, 1.165) is 34.2 Å². The molecule has 2 aromatic heterocycles. The van der Waals surface area contributed by atoms with E-state index in [1.54, 1.807) is 11.3 Å². The molecule has 23 heavy (non-hydrogen) atoms. The number of rotatable bonds is 5. The number of carboxylic acid groups (broad SMARTS) is 1. The zero-order valence-corrected chi connectivity index (χ0v) is 14.7. The van der Waals surface area contributed by atoms with Crippen molar-refractivity contribution in [2.24, 2.45) is 0 Å². The first-order valence-electron chi connectivity index (χ1n) is 7.74. The first-order chi connectivity index (χ1) is 11.0. The van der Waals surface area contributed by atoms with Gasteiger partial charge in [-0.15, -0.1) is 11.3 Å². The molecule has 1 saturated heterocycles. The van der Waals surface area contributed by atoms with Crippen LogP contribution in [-0.2, 0) is 4.79 Å². The van der Waals surface area contributed by atoms with Crippen LogP contribution in [0.3, 0.4) is 0 Å². The highest BCUT2D eigenvalue weighted by Gasteiger charge is 2.35. The van der Waals surface area contributed by atoms with Gasteiger partial charge >= 0.3 is 5.97 Å². The summed E-state index contributed by atoms with van der Waals surface area (Å²) < 4.78 is 0.992. The Kier molecular flexibility index (Phi) is 4.54. The Morgan fingerprint density at radius 2 is 2.13 bits per heavy atom. The molecule has 0 spiro atoms. The molecule has 1 N–H and O–H groups in total. The molecule has 0 unspecified atom stereocenters. The minimum Gasteiger partial charge on any atom is -0.480 e. The molecule has 124 valence electrons. The lowest BCUT2D eigenvalue weighted by Gasteiger charge is -2.20. The maximum Gasteiger partial charge on any atom is 0.326 e. The fraction of sp³-hybridized carbons (Fsp3) is 0.533. The number of hydrogen-bond acceptors (Lipinski definition) is 6. The van der Waals surface area contributed by atoms with Crippen molar-refractivity contribution in [3.8, 4) is 0 Å². The Labute approximate surface area is 142 Å². The van der Waals surface area contributed by atoms with E-state index in [0.29, 0.717) is 17.8 Å². The molecule has 0 bridgehead atoms. The third-order valence-corrected chi connectivity index (χ3v) is 6.33.